The number of unbranched alkanes of at least 4 members (excludes halogenated alkanes) is 12. The molecule has 442 valence electrons. The molecule has 0 spiro atoms. The second-order valence-corrected chi connectivity index (χ2v) is 22.0. The third-order valence-electron chi connectivity index (χ3n) is 12.1. The summed E-state index contributed by atoms with van der Waals surface area (Å²) in [5.74, 6) is -1.67. The molecule has 2 unspecified atom stereocenters. The van der Waals surface area contributed by atoms with E-state index in [1.54, 1.807) is 42.5 Å². The van der Waals surface area contributed by atoms with E-state index in [1.165, 1.54) is 37.8 Å². The van der Waals surface area contributed by atoms with E-state index in [4.69, 9.17) is 29.0 Å². The molecule has 0 aliphatic carbocycles. The first-order chi connectivity index (χ1) is 37.4. The van der Waals surface area contributed by atoms with Crippen LogP contribution >= 0.6 is 15.6 Å². The van der Waals surface area contributed by atoms with E-state index in [0.717, 1.165) is 87.8 Å². The van der Waals surface area contributed by atoms with Crippen LogP contribution in [0, 0.1) is 0 Å². The number of ether oxygens (including phenoxy) is 3. The lowest BCUT2D eigenvalue weighted by molar-refractivity contribution is -0.161. The predicted molar refractivity (Wildman–Crippen MR) is 297 cm³/mol. The van der Waals surface area contributed by atoms with Crippen LogP contribution in [0.2, 0.25) is 0 Å². The van der Waals surface area contributed by atoms with Gasteiger partial charge in [-0.1, -0.05) is 163 Å². The van der Waals surface area contributed by atoms with Crippen LogP contribution in [0.15, 0.2) is 102 Å². The molecule has 78 heavy (non-hydrogen) atoms. The lowest BCUT2D eigenvalue weighted by atomic mass is 10.1. The number of nitrogens with two attached hydrogens (primary N) is 1. The highest BCUT2D eigenvalue weighted by Crippen LogP contribution is 2.60. The Morgan fingerprint density at radius 1 is 0.705 bits per heavy atom. The van der Waals surface area contributed by atoms with Gasteiger partial charge in [0.2, 0.25) is 0 Å². The number of nitrogen functional groups attached to an aromatic ring is 1. The number of aliphatic hydroxyl groups excluding tert-OH is 5. The van der Waals surface area contributed by atoms with Gasteiger partial charge in [0.15, 0.2) is 12.3 Å². The molecule has 9 N–H and O–H groups in total. The number of rotatable bonds is 44. The summed E-state index contributed by atoms with van der Waals surface area (Å²) in [6, 6.07) is 1.23. The van der Waals surface area contributed by atoms with Gasteiger partial charge in [-0.2, -0.15) is 9.29 Å². The molecule has 1 aliphatic heterocycles. The van der Waals surface area contributed by atoms with Gasteiger partial charge in [-0.05, 0) is 70.3 Å². The van der Waals surface area contributed by atoms with Crippen molar-refractivity contribution in [2.75, 3.05) is 25.6 Å². The van der Waals surface area contributed by atoms with Crippen molar-refractivity contribution < 1.29 is 81.6 Å². The molecular weight excluding hydrogens is 1050 g/mol. The zero-order valence-electron chi connectivity index (χ0n) is 45.5. The monoisotopic (exact) mass is 1140 g/mol. The lowest BCUT2D eigenvalue weighted by Gasteiger charge is -2.21. The highest BCUT2D eigenvalue weighted by Gasteiger charge is 2.46. The second kappa shape index (κ2) is 41.8. The topological polar surface area (TPSA) is 326 Å². The molecule has 1 aromatic heterocycles. The largest absolute Gasteiger partial charge is 0.481 e. The summed E-state index contributed by atoms with van der Waals surface area (Å²) in [6.45, 7) is 1.69. The van der Waals surface area contributed by atoms with E-state index in [1.807, 2.05) is 0 Å². The summed E-state index contributed by atoms with van der Waals surface area (Å²) in [6.07, 6.45) is 34.3. The van der Waals surface area contributed by atoms with Gasteiger partial charge in [0, 0.05) is 19.0 Å². The van der Waals surface area contributed by atoms with Gasteiger partial charge in [-0.25, -0.2) is 13.9 Å². The fraction of sp³-hybridized carbons (Fsp3) is 0.636. The highest BCUT2D eigenvalue weighted by atomic mass is 31.3. The van der Waals surface area contributed by atoms with E-state index in [2.05, 4.69) is 59.6 Å². The Bertz CT molecular complexity index is 2200. The van der Waals surface area contributed by atoms with Crippen molar-refractivity contribution in [2.45, 2.75) is 204 Å². The van der Waals surface area contributed by atoms with Gasteiger partial charge in [-0.3, -0.25) is 23.2 Å². The summed E-state index contributed by atoms with van der Waals surface area (Å²) < 4.78 is 56.6. The number of aliphatic hydroxyl groups is 5. The summed E-state index contributed by atoms with van der Waals surface area (Å²) in [5.41, 5.74) is 4.56. The van der Waals surface area contributed by atoms with Crippen LogP contribution in [0.5, 0.6) is 0 Å². The zero-order valence-corrected chi connectivity index (χ0v) is 47.3. The van der Waals surface area contributed by atoms with Crippen LogP contribution in [0.4, 0.5) is 5.82 Å². The van der Waals surface area contributed by atoms with Crippen molar-refractivity contribution in [3.63, 3.8) is 0 Å². The minimum atomic E-state index is -5.51. The summed E-state index contributed by atoms with van der Waals surface area (Å²) >= 11 is 0. The molecule has 1 aromatic rings. The van der Waals surface area contributed by atoms with Gasteiger partial charge in [-0.15, -0.1) is 0 Å². The maximum Gasteiger partial charge on any atom is 0.481 e. The number of hydrogen-bond acceptors (Lipinski definition) is 18. The molecule has 0 saturated carbocycles. The summed E-state index contributed by atoms with van der Waals surface area (Å²) in [7, 11) is -11.0. The molecule has 21 nitrogen and oxygen atoms in total. The number of carbonyl (C=O) groups excluding carboxylic acids is 2. The number of nitrogens with zero attached hydrogens (tertiary/aromatic N) is 2. The van der Waals surface area contributed by atoms with Crippen molar-refractivity contribution >= 4 is 33.4 Å². The molecular formula is C55H89N3O18P2. The van der Waals surface area contributed by atoms with Crippen LogP contribution in [0.25, 0.3) is 0 Å². The number of phosphoric acid groups is 2. The molecule has 1 aliphatic rings. The Morgan fingerprint density at radius 3 is 1.92 bits per heavy atom. The van der Waals surface area contributed by atoms with Crippen molar-refractivity contribution in [1.29, 1.82) is 0 Å². The third kappa shape index (κ3) is 33.4. The Labute approximate surface area is 460 Å². The molecule has 0 aromatic carbocycles. The number of esters is 2. The molecule has 2 rings (SSSR count). The summed E-state index contributed by atoms with van der Waals surface area (Å²) in [5, 5.41) is 51.7. The predicted octanol–water partition coefficient (Wildman–Crippen LogP) is 8.75. The molecule has 0 amide bonds. The molecule has 2 heterocycles. The van der Waals surface area contributed by atoms with E-state index in [9.17, 15) is 58.8 Å². The van der Waals surface area contributed by atoms with Gasteiger partial charge in [0.1, 0.15) is 30.7 Å². The van der Waals surface area contributed by atoms with Crippen LogP contribution in [0.1, 0.15) is 161 Å². The number of aromatic nitrogens is 2. The van der Waals surface area contributed by atoms with E-state index >= 15 is 0 Å². The fourth-order valence-corrected chi connectivity index (χ4v) is 9.75. The average Bonchev–Trinajstić information content (AvgIpc) is 3.71. The Balaban J connectivity index is 1.87. The van der Waals surface area contributed by atoms with E-state index in [0.29, 0.717) is 12.8 Å². The molecule has 1 saturated heterocycles. The number of allylic oxidation sites excluding steroid dienone is 12. The quantitative estimate of drug-likeness (QED) is 0.00995. The number of phosphoric ester groups is 2. The Hall–Kier alpha value is -4.18. The molecule has 1 fully saturated rings. The SMILES string of the molecule is CCCCCC/C=C\C/C=C\C/C=C\CCCCCCCCC(=O)O[C@H](COC(=O)CCC[C@@H](O)[C@H](O)/C=C/C=C/C=C\C=C\[C@H](O)CCCCC)COP(=O)(O)OP(=O)(O)OC[C@H]1O[C@@H](n2ccc(N)nc2=O)[C@H](O)[C@@H]1O. The first-order valence-electron chi connectivity index (χ1n) is 27.4. The van der Waals surface area contributed by atoms with Gasteiger partial charge in [0.05, 0.1) is 31.5 Å². The fourth-order valence-electron chi connectivity index (χ4n) is 7.64. The first-order valence-corrected chi connectivity index (χ1v) is 30.4. The molecule has 10 atom stereocenters. The smallest absolute Gasteiger partial charge is 0.462 e. The Morgan fingerprint density at radius 2 is 1.27 bits per heavy atom. The molecule has 0 bridgehead atoms. The second-order valence-electron chi connectivity index (χ2n) is 18.9. The van der Waals surface area contributed by atoms with Crippen molar-refractivity contribution in [2.24, 2.45) is 0 Å². The van der Waals surface area contributed by atoms with Crippen LogP contribution in [0.3, 0.4) is 0 Å². The maximum atomic E-state index is 12.9. The van der Waals surface area contributed by atoms with Gasteiger partial charge >= 0.3 is 33.3 Å². The van der Waals surface area contributed by atoms with Crippen LogP contribution in [-0.4, -0.2) is 119 Å². The van der Waals surface area contributed by atoms with E-state index < -0.39 is 102 Å². The normalized spacial score (nSPS) is 20.4. The van der Waals surface area contributed by atoms with Crippen LogP contribution in [-0.2, 0) is 46.3 Å². The highest BCUT2D eigenvalue weighted by molar-refractivity contribution is 7.61. The average molecular weight is 1140 g/mol. The van der Waals surface area contributed by atoms with Crippen molar-refractivity contribution in [3.05, 3.63) is 108 Å². The van der Waals surface area contributed by atoms with Gasteiger partial charge in [0.25, 0.3) is 0 Å². The van der Waals surface area contributed by atoms with Crippen molar-refractivity contribution in [3.8, 4) is 0 Å². The summed E-state index contributed by atoms with van der Waals surface area (Å²) in [4.78, 5) is 62.1. The molecule has 23 heteroatoms. The minimum absolute atomic E-state index is 0.00515. The standard InChI is InChI=1S/C55H89N3O18P2/c1-3-5-7-8-9-10-11-12-13-14-15-16-17-18-19-20-21-22-27-31-37-51(63)74-45(41-71-50(62)38-32-36-47(61)46(60)35-30-26-24-23-25-29-34-44(59)33-28-6-4-2)42-72-77(67,68)76-78(69,70)73-43-48-52(64)53(65)54(75-48)58-40-39-49(56)57-55(58)66/h10-11,13-14,16-17,23-26,29-30,34-35,39-40,44-48,52-54,59-61,64-65H,3-9,12,15,18-22,27-28,31-33,36-38,41-43H2,1-2H3,(H,67,68)(H,69,70)(H2,56,57,66)/b11-10-,14-13-,17-16-,25-23-,26-24+,34-29+,35-30+/t44-,45-,46-,47-,48-,52-,53-,54-/m1/s1. The zero-order chi connectivity index (χ0) is 57.4. The lowest BCUT2D eigenvalue weighted by Crippen LogP contribution is -2.36. The van der Waals surface area contributed by atoms with Gasteiger partial charge < -0.3 is 55.3 Å². The minimum Gasteiger partial charge on any atom is -0.462 e. The number of anilines is 1. The van der Waals surface area contributed by atoms with Crippen molar-refractivity contribution in [1.82, 2.24) is 9.55 Å². The maximum absolute atomic E-state index is 12.9. The van der Waals surface area contributed by atoms with Crippen LogP contribution < -0.4 is 11.4 Å². The van der Waals surface area contributed by atoms with E-state index in [-0.39, 0.29) is 31.5 Å². The Kier molecular flexibility index (Phi) is 37.5. The number of hydrogen-bond donors (Lipinski definition) is 8. The first kappa shape index (κ1) is 69.9. The third-order valence-corrected chi connectivity index (χ3v) is 14.7. The number of carbonyl (C=O) groups is 2. The molecule has 0 radical (unpaired) electrons.